The van der Waals surface area contributed by atoms with Gasteiger partial charge in [-0.3, -0.25) is 4.79 Å². The van der Waals surface area contributed by atoms with Crippen molar-refractivity contribution in [3.63, 3.8) is 0 Å². The minimum absolute atomic E-state index is 0.142. The van der Waals surface area contributed by atoms with Crippen LogP contribution in [0.5, 0.6) is 0 Å². The predicted molar refractivity (Wildman–Crippen MR) is 134 cm³/mol. The number of aliphatic hydroxyl groups excluding tert-OH is 1. The molecule has 0 saturated carbocycles. The fraction of sp³-hybridized carbons (Fsp3) is 0.250. The largest absolute Gasteiger partial charge is 0.394 e. The third-order valence-electron chi connectivity index (χ3n) is 6.73. The summed E-state index contributed by atoms with van der Waals surface area (Å²) < 4.78 is 27.5. The third kappa shape index (κ3) is 4.73. The molecule has 0 bridgehead atoms. The molecule has 0 spiro atoms. The zero-order chi connectivity index (χ0) is 24.4. The number of rotatable bonds is 5. The first-order valence-electron chi connectivity index (χ1n) is 11.6. The van der Waals surface area contributed by atoms with Crippen molar-refractivity contribution in [2.45, 2.75) is 23.8 Å². The van der Waals surface area contributed by atoms with Gasteiger partial charge in [0.2, 0.25) is 15.9 Å². The van der Waals surface area contributed by atoms with Crippen molar-refractivity contribution in [2.24, 2.45) is 0 Å². The van der Waals surface area contributed by atoms with E-state index in [1.54, 1.807) is 29.2 Å². The molecule has 0 radical (unpaired) electrons. The van der Waals surface area contributed by atoms with Gasteiger partial charge in [-0.1, -0.05) is 72.5 Å². The lowest BCUT2D eigenvalue weighted by molar-refractivity contribution is -0.158. The highest BCUT2D eigenvalue weighted by Crippen LogP contribution is 2.43. The van der Waals surface area contributed by atoms with Crippen molar-refractivity contribution in [3.05, 3.63) is 107 Å². The number of amides is 1. The van der Waals surface area contributed by atoms with Crippen LogP contribution in [0.4, 0.5) is 0 Å². The van der Waals surface area contributed by atoms with E-state index in [2.05, 4.69) is 11.8 Å². The lowest BCUT2D eigenvalue weighted by atomic mass is 9.74. The number of carbonyl (C=O) groups excluding carboxylic acids is 1. The van der Waals surface area contributed by atoms with Crippen molar-refractivity contribution < 1.29 is 18.3 Å². The summed E-state index contributed by atoms with van der Waals surface area (Å²) in [6.07, 6.45) is 0. The second-order valence-electron chi connectivity index (χ2n) is 8.92. The molecule has 7 heteroatoms. The highest BCUT2D eigenvalue weighted by atomic mass is 32.2. The number of aliphatic hydroxyl groups is 1. The summed E-state index contributed by atoms with van der Waals surface area (Å²) in [7, 11) is -3.66. The van der Waals surface area contributed by atoms with Crippen LogP contribution < -0.4 is 0 Å². The van der Waals surface area contributed by atoms with Crippen LogP contribution in [0.1, 0.15) is 28.2 Å². The Morgan fingerprint density at radius 3 is 2.09 bits per heavy atom. The van der Waals surface area contributed by atoms with E-state index in [0.717, 1.165) is 16.7 Å². The van der Waals surface area contributed by atoms with Crippen molar-refractivity contribution in [1.82, 2.24) is 9.21 Å². The highest BCUT2D eigenvalue weighted by Gasteiger charge is 2.55. The molecule has 0 aromatic heterocycles. The van der Waals surface area contributed by atoms with Crippen LogP contribution in [0.15, 0.2) is 84.9 Å². The molecule has 0 unspecified atom stereocenters. The van der Waals surface area contributed by atoms with Crippen LogP contribution >= 0.6 is 0 Å². The van der Waals surface area contributed by atoms with Gasteiger partial charge in [0.05, 0.1) is 31.0 Å². The molecule has 2 saturated heterocycles. The minimum atomic E-state index is -3.66. The molecule has 6 nitrogen and oxygen atoms in total. The summed E-state index contributed by atoms with van der Waals surface area (Å²) in [6, 6.07) is 25.8. The van der Waals surface area contributed by atoms with Crippen molar-refractivity contribution >= 4 is 15.9 Å². The Morgan fingerprint density at radius 2 is 1.46 bits per heavy atom. The van der Waals surface area contributed by atoms with E-state index in [9.17, 15) is 18.3 Å². The Bertz CT molecular complexity index is 1360. The zero-order valence-corrected chi connectivity index (χ0v) is 19.9. The van der Waals surface area contributed by atoms with Crippen molar-refractivity contribution in [3.8, 4) is 11.8 Å². The average molecular weight is 487 g/mol. The SMILES string of the molecule is O=C1CN(S(=O)(=O)Cc2ccccc2)C[C@@H]2[C@H](c3ccc(C#Cc4ccccc4)cc3)[C@H](CO)N12. The van der Waals surface area contributed by atoms with Crippen LogP contribution in [-0.2, 0) is 20.6 Å². The smallest absolute Gasteiger partial charge is 0.238 e. The molecular weight excluding hydrogens is 460 g/mol. The first-order chi connectivity index (χ1) is 17.0. The van der Waals surface area contributed by atoms with E-state index in [1.165, 1.54) is 4.31 Å². The summed E-state index contributed by atoms with van der Waals surface area (Å²) in [5.74, 6) is 5.73. The number of fused-ring (bicyclic) bond motifs is 1. The van der Waals surface area contributed by atoms with Gasteiger partial charge in [0, 0.05) is 23.6 Å². The van der Waals surface area contributed by atoms with Gasteiger partial charge < -0.3 is 10.0 Å². The van der Waals surface area contributed by atoms with Gasteiger partial charge in [-0.15, -0.1) is 0 Å². The molecule has 5 rings (SSSR count). The van der Waals surface area contributed by atoms with Crippen LogP contribution in [0.3, 0.4) is 0 Å². The molecule has 2 aliphatic rings. The number of sulfonamides is 1. The maximum Gasteiger partial charge on any atom is 0.238 e. The summed E-state index contributed by atoms with van der Waals surface area (Å²) in [4.78, 5) is 14.5. The molecule has 1 N–H and O–H groups in total. The molecule has 0 aliphatic carbocycles. The van der Waals surface area contributed by atoms with Gasteiger partial charge in [-0.05, 0) is 35.4 Å². The number of piperazine rings is 1. The predicted octanol–water partition coefficient (Wildman–Crippen LogP) is 2.59. The van der Waals surface area contributed by atoms with E-state index in [0.29, 0.717) is 5.56 Å². The zero-order valence-electron chi connectivity index (χ0n) is 19.1. The van der Waals surface area contributed by atoms with Gasteiger partial charge in [0.15, 0.2) is 0 Å². The standard InChI is InChI=1S/C28H26N2O4S/c31-19-26-28(24-15-13-22(14-16-24)12-11-21-7-3-1-4-8-21)25-17-29(18-27(32)30(25)26)35(33,34)20-23-9-5-2-6-10-23/h1-10,13-16,25-26,28,31H,17-20H2/t25-,26+,28+/m1/s1. The van der Waals surface area contributed by atoms with Crippen LogP contribution in [0.25, 0.3) is 0 Å². The Hall–Kier alpha value is -3.44. The van der Waals surface area contributed by atoms with Crippen LogP contribution in [-0.4, -0.2) is 60.4 Å². The Balaban J connectivity index is 1.34. The molecule has 178 valence electrons. The van der Waals surface area contributed by atoms with E-state index in [-0.39, 0.29) is 49.4 Å². The fourth-order valence-corrected chi connectivity index (χ4v) is 6.50. The summed E-state index contributed by atoms with van der Waals surface area (Å²) >= 11 is 0. The number of hydrogen-bond acceptors (Lipinski definition) is 4. The first-order valence-corrected chi connectivity index (χ1v) is 13.2. The van der Waals surface area contributed by atoms with Gasteiger partial charge >= 0.3 is 0 Å². The van der Waals surface area contributed by atoms with Gasteiger partial charge in [-0.25, -0.2) is 8.42 Å². The number of hydrogen-bond donors (Lipinski definition) is 1. The number of nitrogens with zero attached hydrogens (tertiary/aromatic N) is 2. The lowest BCUT2D eigenvalue weighted by Gasteiger charge is -2.58. The Labute approximate surface area is 205 Å². The Morgan fingerprint density at radius 1 is 0.857 bits per heavy atom. The monoisotopic (exact) mass is 486 g/mol. The fourth-order valence-electron chi connectivity index (χ4n) is 5.01. The molecule has 2 aliphatic heterocycles. The molecule has 2 heterocycles. The number of carbonyl (C=O) groups is 1. The molecule has 35 heavy (non-hydrogen) atoms. The summed E-state index contributed by atoms with van der Waals surface area (Å²) in [5, 5.41) is 10.0. The summed E-state index contributed by atoms with van der Waals surface area (Å²) in [6.45, 7) is -0.139. The van der Waals surface area contributed by atoms with Crippen LogP contribution in [0, 0.1) is 11.8 Å². The van der Waals surface area contributed by atoms with Gasteiger partial charge in [0.25, 0.3) is 0 Å². The molecule has 2 fully saturated rings. The average Bonchev–Trinajstić information content (AvgIpc) is 2.85. The second kappa shape index (κ2) is 9.67. The summed E-state index contributed by atoms with van der Waals surface area (Å²) in [5.41, 5.74) is 3.45. The van der Waals surface area contributed by atoms with Gasteiger partial charge in [-0.2, -0.15) is 4.31 Å². The van der Waals surface area contributed by atoms with E-state index in [4.69, 9.17) is 0 Å². The van der Waals surface area contributed by atoms with Crippen molar-refractivity contribution in [2.75, 3.05) is 19.7 Å². The third-order valence-corrected chi connectivity index (χ3v) is 8.49. The normalized spacial score (nSPS) is 22.0. The molecule has 1 amide bonds. The quantitative estimate of drug-likeness (QED) is 0.563. The lowest BCUT2D eigenvalue weighted by Crippen LogP contribution is -2.73. The number of benzene rings is 3. The van der Waals surface area contributed by atoms with Crippen molar-refractivity contribution in [1.29, 1.82) is 0 Å². The Kier molecular flexibility index (Phi) is 6.44. The van der Waals surface area contributed by atoms with E-state index < -0.39 is 10.0 Å². The second-order valence-corrected chi connectivity index (χ2v) is 10.9. The molecular formula is C28H26N2O4S. The maximum absolute atomic E-state index is 13.1. The molecule has 3 atom stereocenters. The van der Waals surface area contributed by atoms with E-state index >= 15 is 0 Å². The van der Waals surface area contributed by atoms with E-state index in [1.807, 2.05) is 60.7 Å². The maximum atomic E-state index is 13.1. The molecule has 3 aromatic rings. The topological polar surface area (TPSA) is 77.9 Å². The van der Waals surface area contributed by atoms with Gasteiger partial charge in [0.1, 0.15) is 0 Å². The highest BCUT2D eigenvalue weighted by molar-refractivity contribution is 7.88. The van der Waals surface area contributed by atoms with Crippen LogP contribution in [0.2, 0.25) is 0 Å². The first kappa shape index (κ1) is 23.3. The minimum Gasteiger partial charge on any atom is -0.394 e. The molecule has 3 aromatic carbocycles.